The zero-order valence-electron chi connectivity index (χ0n) is 10.5. The largest absolute Gasteiger partial charge is 0.411 e. The Morgan fingerprint density at radius 2 is 2.05 bits per heavy atom. The number of nitrogens with one attached hydrogen (secondary N) is 1. The Bertz CT molecular complexity index is 574. The lowest BCUT2D eigenvalue weighted by Gasteiger charge is -2.05. The van der Waals surface area contributed by atoms with Crippen molar-refractivity contribution in [2.75, 3.05) is 5.32 Å². The van der Waals surface area contributed by atoms with E-state index in [-0.39, 0.29) is 5.91 Å². The van der Waals surface area contributed by atoms with Crippen molar-refractivity contribution in [1.29, 1.82) is 0 Å². The fourth-order valence-corrected chi connectivity index (χ4v) is 2.33. The van der Waals surface area contributed by atoms with Crippen molar-refractivity contribution >= 4 is 28.6 Å². The van der Waals surface area contributed by atoms with Gasteiger partial charge in [-0.1, -0.05) is 23.4 Å². The van der Waals surface area contributed by atoms with E-state index in [1.54, 1.807) is 42.5 Å². The summed E-state index contributed by atoms with van der Waals surface area (Å²) < 4.78 is 0. The lowest BCUT2D eigenvalue weighted by molar-refractivity contribution is -0.115. The normalized spacial score (nSPS) is 11.3. The van der Waals surface area contributed by atoms with Crippen molar-refractivity contribution in [2.24, 2.45) is 5.16 Å². The Labute approximate surface area is 115 Å². The highest BCUT2D eigenvalue weighted by atomic mass is 32.1. The van der Waals surface area contributed by atoms with E-state index in [2.05, 4.69) is 10.5 Å². The first-order valence-corrected chi connectivity index (χ1v) is 6.68. The predicted molar refractivity (Wildman–Crippen MR) is 77.1 cm³/mol. The lowest BCUT2D eigenvalue weighted by atomic mass is 10.1. The van der Waals surface area contributed by atoms with Gasteiger partial charge in [0.2, 0.25) is 5.91 Å². The van der Waals surface area contributed by atoms with E-state index in [0.29, 0.717) is 12.1 Å². The van der Waals surface area contributed by atoms with Gasteiger partial charge >= 0.3 is 0 Å². The minimum atomic E-state index is -0.0391. The quantitative estimate of drug-likeness (QED) is 0.511. The van der Waals surface area contributed by atoms with Crippen LogP contribution in [-0.2, 0) is 11.2 Å². The molecule has 98 valence electrons. The summed E-state index contributed by atoms with van der Waals surface area (Å²) in [5.41, 5.74) is 2.09. The number of benzene rings is 1. The van der Waals surface area contributed by atoms with Crippen LogP contribution in [0.1, 0.15) is 17.4 Å². The van der Waals surface area contributed by atoms with Crippen molar-refractivity contribution in [3.63, 3.8) is 0 Å². The molecule has 2 N–H and O–H groups in total. The Morgan fingerprint density at radius 3 is 2.63 bits per heavy atom. The maximum Gasteiger partial charge on any atom is 0.229 e. The summed E-state index contributed by atoms with van der Waals surface area (Å²) >= 11 is 1.57. The third-order valence-electron chi connectivity index (χ3n) is 2.65. The van der Waals surface area contributed by atoms with E-state index < -0.39 is 0 Å². The highest BCUT2D eigenvalue weighted by Crippen LogP contribution is 2.13. The summed E-state index contributed by atoms with van der Waals surface area (Å²) in [5, 5.41) is 16.6. The van der Waals surface area contributed by atoms with Gasteiger partial charge in [-0.2, -0.15) is 0 Å². The van der Waals surface area contributed by atoms with E-state index >= 15 is 0 Å². The monoisotopic (exact) mass is 274 g/mol. The number of carbonyl (C=O) groups excluding carboxylic acids is 1. The number of hydrogen-bond acceptors (Lipinski definition) is 4. The van der Waals surface area contributed by atoms with Crippen LogP contribution in [0.4, 0.5) is 5.69 Å². The highest BCUT2D eigenvalue weighted by Gasteiger charge is 2.05. The third kappa shape index (κ3) is 3.66. The molecule has 0 atom stereocenters. The number of nitrogens with zero attached hydrogens (tertiary/aromatic N) is 1. The summed E-state index contributed by atoms with van der Waals surface area (Å²) in [5.74, 6) is -0.0391. The molecule has 0 saturated carbocycles. The van der Waals surface area contributed by atoms with Crippen molar-refractivity contribution in [1.82, 2.24) is 0 Å². The van der Waals surface area contributed by atoms with Gasteiger partial charge < -0.3 is 10.5 Å². The molecule has 0 radical (unpaired) electrons. The molecular formula is C14H14N2O2S. The molecule has 1 aromatic heterocycles. The summed E-state index contributed by atoms with van der Waals surface area (Å²) in [6.07, 6.45) is 0.385. The Morgan fingerprint density at radius 1 is 1.32 bits per heavy atom. The van der Waals surface area contributed by atoms with Crippen LogP contribution in [0, 0.1) is 0 Å². The van der Waals surface area contributed by atoms with Crippen molar-refractivity contribution in [3.05, 3.63) is 52.2 Å². The van der Waals surface area contributed by atoms with Crippen molar-refractivity contribution in [3.8, 4) is 0 Å². The first-order valence-electron chi connectivity index (χ1n) is 5.80. The maximum atomic E-state index is 11.8. The Balaban J connectivity index is 1.98. The van der Waals surface area contributed by atoms with Gasteiger partial charge in [0.15, 0.2) is 0 Å². The van der Waals surface area contributed by atoms with Gasteiger partial charge in [-0.05, 0) is 36.1 Å². The summed E-state index contributed by atoms with van der Waals surface area (Å²) in [4.78, 5) is 12.8. The molecule has 4 nitrogen and oxygen atoms in total. The van der Waals surface area contributed by atoms with E-state index in [4.69, 9.17) is 5.21 Å². The average molecular weight is 274 g/mol. The number of hydrogen-bond donors (Lipinski definition) is 2. The highest BCUT2D eigenvalue weighted by molar-refractivity contribution is 7.10. The molecule has 0 unspecified atom stereocenters. The SMILES string of the molecule is C/C(=N\O)c1ccc(NC(=O)Cc2cccs2)cc1. The van der Waals surface area contributed by atoms with E-state index in [1.807, 2.05) is 17.5 Å². The van der Waals surface area contributed by atoms with Crippen molar-refractivity contribution < 1.29 is 10.0 Å². The number of anilines is 1. The van der Waals surface area contributed by atoms with Gasteiger partial charge in [-0.3, -0.25) is 4.79 Å². The van der Waals surface area contributed by atoms with Gasteiger partial charge in [-0.25, -0.2) is 0 Å². The summed E-state index contributed by atoms with van der Waals surface area (Å²) in [6, 6.07) is 11.0. The number of thiophene rings is 1. The molecule has 1 amide bonds. The van der Waals surface area contributed by atoms with Gasteiger partial charge in [0.25, 0.3) is 0 Å². The van der Waals surface area contributed by atoms with Crippen LogP contribution >= 0.6 is 11.3 Å². The molecule has 2 aromatic rings. The molecule has 0 aliphatic rings. The summed E-state index contributed by atoms with van der Waals surface area (Å²) in [7, 11) is 0. The molecule has 1 heterocycles. The minimum absolute atomic E-state index is 0.0391. The number of amides is 1. The van der Waals surface area contributed by atoms with E-state index in [9.17, 15) is 4.79 Å². The molecule has 1 aromatic carbocycles. The second kappa shape index (κ2) is 6.15. The second-order valence-electron chi connectivity index (χ2n) is 4.07. The fraction of sp³-hybridized carbons (Fsp3) is 0.143. The van der Waals surface area contributed by atoms with Gasteiger partial charge in [0.1, 0.15) is 0 Å². The number of oxime groups is 1. The Hall–Kier alpha value is -2.14. The Kier molecular flexibility index (Phi) is 4.30. The minimum Gasteiger partial charge on any atom is -0.411 e. The molecule has 5 heteroatoms. The standard InChI is InChI=1S/C14H14N2O2S/c1-10(16-18)11-4-6-12(7-5-11)15-14(17)9-13-3-2-8-19-13/h2-8,18H,9H2,1H3,(H,15,17)/b16-10+. The maximum absolute atomic E-state index is 11.8. The molecule has 19 heavy (non-hydrogen) atoms. The lowest BCUT2D eigenvalue weighted by Crippen LogP contribution is -2.13. The first kappa shape index (κ1) is 13.3. The first-order chi connectivity index (χ1) is 9.19. The van der Waals surface area contributed by atoms with Gasteiger partial charge in [-0.15, -0.1) is 11.3 Å². The average Bonchev–Trinajstić information content (AvgIpc) is 2.91. The third-order valence-corrected chi connectivity index (χ3v) is 3.53. The molecule has 0 spiro atoms. The van der Waals surface area contributed by atoms with Crippen molar-refractivity contribution in [2.45, 2.75) is 13.3 Å². The fourth-order valence-electron chi connectivity index (χ4n) is 1.63. The summed E-state index contributed by atoms with van der Waals surface area (Å²) in [6.45, 7) is 1.71. The molecule has 0 aliphatic heterocycles. The molecular weight excluding hydrogens is 260 g/mol. The predicted octanol–water partition coefficient (Wildman–Crippen LogP) is 3.13. The van der Waals surface area contributed by atoms with Crippen LogP contribution in [0.5, 0.6) is 0 Å². The molecule has 2 rings (SSSR count). The van der Waals surface area contributed by atoms with E-state index in [1.165, 1.54) is 0 Å². The van der Waals surface area contributed by atoms with E-state index in [0.717, 1.165) is 16.1 Å². The topological polar surface area (TPSA) is 61.7 Å². The van der Waals surface area contributed by atoms with Crippen LogP contribution in [0.3, 0.4) is 0 Å². The van der Waals surface area contributed by atoms with Crippen LogP contribution in [0.25, 0.3) is 0 Å². The zero-order valence-corrected chi connectivity index (χ0v) is 11.3. The zero-order chi connectivity index (χ0) is 13.7. The number of carbonyl (C=O) groups is 1. The molecule has 0 bridgehead atoms. The smallest absolute Gasteiger partial charge is 0.229 e. The molecule has 0 fully saturated rings. The van der Waals surface area contributed by atoms with Crippen LogP contribution in [0.15, 0.2) is 46.9 Å². The number of rotatable bonds is 4. The molecule has 0 saturated heterocycles. The van der Waals surface area contributed by atoms with Crippen LogP contribution < -0.4 is 5.32 Å². The van der Waals surface area contributed by atoms with Crippen LogP contribution in [-0.4, -0.2) is 16.8 Å². The van der Waals surface area contributed by atoms with Gasteiger partial charge in [0.05, 0.1) is 12.1 Å². The molecule has 0 aliphatic carbocycles. The second-order valence-corrected chi connectivity index (χ2v) is 5.10. The van der Waals surface area contributed by atoms with Gasteiger partial charge in [0, 0.05) is 10.6 Å². The van der Waals surface area contributed by atoms with Crippen LogP contribution in [0.2, 0.25) is 0 Å².